The van der Waals surface area contributed by atoms with Crippen LogP contribution in [-0.2, 0) is 42.2 Å². The van der Waals surface area contributed by atoms with Gasteiger partial charge in [-0.3, -0.25) is 23.4 Å². The molecule has 12 heteroatoms. The van der Waals surface area contributed by atoms with Gasteiger partial charge in [-0.25, -0.2) is 4.57 Å². The van der Waals surface area contributed by atoms with Crippen LogP contribution in [0.5, 0.6) is 0 Å². The summed E-state index contributed by atoms with van der Waals surface area (Å²) in [7, 11) is -4.76. The number of esters is 3. The zero-order chi connectivity index (χ0) is 47.0. The van der Waals surface area contributed by atoms with Crippen molar-refractivity contribution in [1.82, 2.24) is 0 Å². The first-order valence-electron chi connectivity index (χ1n) is 24.5. The summed E-state index contributed by atoms with van der Waals surface area (Å²) in [6.45, 7) is 4.27. The molecule has 0 rings (SSSR count). The molecule has 0 spiro atoms. The highest BCUT2D eigenvalue weighted by molar-refractivity contribution is 7.47. The van der Waals surface area contributed by atoms with Crippen molar-refractivity contribution in [3.63, 3.8) is 0 Å². The molecule has 0 fully saturated rings. The van der Waals surface area contributed by atoms with Crippen molar-refractivity contribution in [3.8, 4) is 0 Å². The molecule has 0 saturated heterocycles. The summed E-state index contributed by atoms with van der Waals surface area (Å²) in [6.07, 6.45) is 50.0. The number of allylic oxidation sites excluding steroid dienone is 14. The highest BCUT2D eigenvalue weighted by Gasteiger charge is 2.28. The number of carbonyl (C=O) groups is 3. The first-order valence-corrected chi connectivity index (χ1v) is 26.0. The summed E-state index contributed by atoms with van der Waals surface area (Å²) in [6, 6.07) is 0. The first kappa shape index (κ1) is 60.7. The van der Waals surface area contributed by atoms with E-state index in [4.69, 9.17) is 23.3 Å². The fourth-order valence-electron chi connectivity index (χ4n) is 6.12. The summed E-state index contributed by atoms with van der Waals surface area (Å²) >= 11 is 0. The van der Waals surface area contributed by atoms with Gasteiger partial charge in [0.05, 0.1) is 19.8 Å². The SMILES string of the molecule is CC/C=C\C/C=C\C/C=C\C/C=C\CCCCC(=O)OC(COC(=O)CCCCCCCCCCC)COP(=O)(O)OCC(CO)OC(=O)CCCCC/C=C\C/C=C\C/C=C\CC. The standard InChI is InChI=1S/C52H87O11P/c1-4-7-10-13-16-19-21-23-24-26-28-31-34-37-40-43-52(56)63-49(45-59-50(54)41-38-35-32-29-18-15-12-9-6-3)47-61-64(57,58)60-46-48(44-53)62-51(55)42-39-36-33-30-27-25-22-20-17-14-11-8-5-2/h7-8,10-11,16-17,19-20,23-25,27-28,31,48-49,53H,4-6,9,12-15,18,21-22,26,29-30,32-47H2,1-3H3,(H,57,58)/b10-7-,11-8-,19-16-,20-17-,24-23-,27-25-,31-28-. The summed E-state index contributed by atoms with van der Waals surface area (Å²) < 4.78 is 39.1. The molecule has 64 heavy (non-hydrogen) atoms. The topological polar surface area (TPSA) is 155 Å². The number of hydrogen-bond acceptors (Lipinski definition) is 10. The Balaban J connectivity index is 4.82. The van der Waals surface area contributed by atoms with Crippen LogP contribution in [0.2, 0.25) is 0 Å². The lowest BCUT2D eigenvalue weighted by Crippen LogP contribution is -2.30. The minimum Gasteiger partial charge on any atom is -0.462 e. The van der Waals surface area contributed by atoms with Crippen LogP contribution in [0.3, 0.4) is 0 Å². The molecule has 0 saturated carbocycles. The van der Waals surface area contributed by atoms with Crippen molar-refractivity contribution in [2.24, 2.45) is 0 Å². The largest absolute Gasteiger partial charge is 0.472 e. The summed E-state index contributed by atoms with van der Waals surface area (Å²) in [5.41, 5.74) is 0. The number of carbonyl (C=O) groups excluding carboxylic acids is 3. The number of phosphoric ester groups is 1. The van der Waals surface area contributed by atoms with E-state index in [2.05, 4.69) is 106 Å². The zero-order valence-corrected chi connectivity index (χ0v) is 40.9. The van der Waals surface area contributed by atoms with E-state index in [9.17, 15) is 28.9 Å². The van der Waals surface area contributed by atoms with Crippen LogP contribution in [0, 0.1) is 0 Å². The van der Waals surface area contributed by atoms with Crippen LogP contribution in [0.1, 0.15) is 188 Å². The molecule has 0 aromatic carbocycles. The van der Waals surface area contributed by atoms with Crippen molar-refractivity contribution in [3.05, 3.63) is 85.1 Å². The van der Waals surface area contributed by atoms with Gasteiger partial charge in [0, 0.05) is 19.3 Å². The van der Waals surface area contributed by atoms with E-state index < -0.39 is 57.8 Å². The van der Waals surface area contributed by atoms with E-state index in [-0.39, 0.29) is 25.9 Å². The van der Waals surface area contributed by atoms with Crippen molar-refractivity contribution in [2.45, 2.75) is 200 Å². The molecule has 0 aromatic heterocycles. The molecule has 0 amide bonds. The fourth-order valence-corrected chi connectivity index (χ4v) is 6.91. The van der Waals surface area contributed by atoms with Crippen LogP contribution < -0.4 is 0 Å². The van der Waals surface area contributed by atoms with Gasteiger partial charge in [-0.15, -0.1) is 0 Å². The van der Waals surface area contributed by atoms with Crippen LogP contribution >= 0.6 is 7.82 Å². The maximum Gasteiger partial charge on any atom is 0.472 e. The normalized spacial score (nSPS) is 14.3. The smallest absolute Gasteiger partial charge is 0.462 e. The van der Waals surface area contributed by atoms with E-state index in [0.717, 1.165) is 96.3 Å². The maximum absolute atomic E-state index is 12.8. The monoisotopic (exact) mass is 919 g/mol. The Labute approximate surface area is 388 Å². The number of aliphatic hydroxyl groups is 1. The van der Waals surface area contributed by atoms with E-state index in [1.54, 1.807) is 0 Å². The number of unbranched alkanes of at least 4 members (excludes halogenated alkanes) is 13. The van der Waals surface area contributed by atoms with E-state index in [0.29, 0.717) is 19.3 Å². The molecule has 366 valence electrons. The predicted molar refractivity (Wildman–Crippen MR) is 261 cm³/mol. The van der Waals surface area contributed by atoms with Crippen molar-refractivity contribution in [2.75, 3.05) is 26.4 Å². The molecule has 0 aliphatic carbocycles. The van der Waals surface area contributed by atoms with Crippen molar-refractivity contribution >= 4 is 25.7 Å². The second kappa shape index (κ2) is 46.2. The fraction of sp³-hybridized carbons (Fsp3) is 0.673. The lowest BCUT2D eigenvalue weighted by molar-refractivity contribution is -0.161. The third-order valence-corrected chi connectivity index (χ3v) is 10.8. The third kappa shape index (κ3) is 43.9. The summed E-state index contributed by atoms with van der Waals surface area (Å²) in [4.78, 5) is 48.1. The van der Waals surface area contributed by atoms with Gasteiger partial charge < -0.3 is 24.2 Å². The average molecular weight is 919 g/mol. The number of hydrogen-bond donors (Lipinski definition) is 2. The Bertz CT molecular complexity index is 1400. The molecular weight excluding hydrogens is 832 g/mol. The van der Waals surface area contributed by atoms with Gasteiger partial charge in [0.1, 0.15) is 12.7 Å². The summed E-state index contributed by atoms with van der Waals surface area (Å²) in [5.74, 6) is -1.56. The van der Waals surface area contributed by atoms with Crippen molar-refractivity contribution in [1.29, 1.82) is 0 Å². The molecule has 0 aliphatic heterocycles. The lowest BCUT2D eigenvalue weighted by atomic mass is 10.1. The number of rotatable bonds is 44. The second-order valence-corrected chi connectivity index (χ2v) is 17.3. The van der Waals surface area contributed by atoms with Crippen molar-refractivity contribution < 1.29 is 52.2 Å². The number of aliphatic hydroxyl groups excluding tert-OH is 1. The Hall–Kier alpha value is -3.34. The maximum atomic E-state index is 12.8. The van der Waals surface area contributed by atoms with Crippen LogP contribution in [0.15, 0.2) is 85.1 Å². The van der Waals surface area contributed by atoms with Crippen LogP contribution in [0.25, 0.3) is 0 Å². The molecule has 3 atom stereocenters. The molecule has 3 unspecified atom stereocenters. The molecule has 0 heterocycles. The number of phosphoric acid groups is 1. The third-order valence-electron chi connectivity index (χ3n) is 9.81. The molecule has 11 nitrogen and oxygen atoms in total. The van der Waals surface area contributed by atoms with E-state index in [1.807, 2.05) is 0 Å². The van der Waals surface area contributed by atoms with Gasteiger partial charge in [0.25, 0.3) is 0 Å². The van der Waals surface area contributed by atoms with Gasteiger partial charge >= 0.3 is 25.7 Å². The molecule has 0 bridgehead atoms. The molecule has 0 aliphatic rings. The predicted octanol–water partition coefficient (Wildman–Crippen LogP) is 13.6. The minimum atomic E-state index is -4.76. The lowest BCUT2D eigenvalue weighted by Gasteiger charge is -2.21. The molecule has 0 radical (unpaired) electrons. The van der Waals surface area contributed by atoms with Gasteiger partial charge in [-0.2, -0.15) is 0 Å². The Kier molecular flexibility index (Phi) is 43.8. The average Bonchev–Trinajstić information content (AvgIpc) is 3.28. The second-order valence-electron chi connectivity index (χ2n) is 15.9. The first-order chi connectivity index (χ1) is 31.2. The van der Waals surface area contributed by atoms with Gasteiger partial charge in [-0.1, -0.05) is 164 Å². The van der Waals surface area contributed by atoms with Gasteiger partial charge in [0.15, 0.2) is 6.10 Å². The minimum absolute atomic E-state index is 0.111. The molecule has 2 N–H and O–H groups in total. The quantitative estimate of drug-likeness (QED) is 0.0197. The van der Waals surface area contributed by atoms with Crippen LogP contribution in [-0.4, -0.2) is 66.5 Å². The Morgan fingerprint density at radius 2 is 0.812 bits per heavy atom. The molecular formula is C52H87O11P. The number of ether oxygens (including phenoxy) is 3. The highest BCUT2D eigenvalue weighted by atomic mass is 31.2. The van der Waals surface area contributed by atoms with E-state index in [1.165, 1.54) is 32.1 Å². The van der Waals surface area contributed by atoms with E-state index >= 15 is 0 Å². The zero-order valence-electron chi connectivity index (χ0n) is 40.0. The summed E-state index contributed by atoms with van der Waals surface area (Å²) in [5, 5.41) is 9.74. The van der Waals surface area contributed by atoms with Gasteiger partial charge in [-0.05, 0) is 89.9 Å². The highest BCUT2D eigenvalue weighted by Crippen LogP contribution is 2.43. The Morgan fingerprint density at radius 1 is 0.453 bits per heavy atom. The Morgan fingerprint density at radius 3 is 1.28 bits per heavy atom. The van der Waals surface area contributed by atoms with Crippen LogP contribution in [0.4, 0.5) is 0 Å². The van der Waals surface area contributed by atoms with Gasteiger partial charge in [0.2, 0.25) is 0 Å². The molecule has 0 aromatic rings.